The van der Waals surface area contributed by atoms with E-state index in [0.717, 1.165) is 35.7 Å². The molecule has 0 spiro atoms. The lowest BCUT2D eigenvalue weighted by Gasteiger charge is -2.25. The number of hydrogen-bond donors (Lipinski definition) is 3. The van der Waals surface area contributed by atoms with E-state index in [-0.39, 0.29) is 42.2 Å². The van der Waals surface area contributed by atoms with Crippen molar-refractivity contribution in [2.75, 3.05) is 27.2 Å². The van der Waals surface area contributed by atoms with Crippen LogP contribution in [0.25, 0.3) is 0 Å². The Morgan fingerprint density at radius 3 is 2.26 bits per heavy atom. The lowest BCUT2D eigenvalue weighted by atomic mass is 9.98. The van der Waals surface area contributed by atoms with E-state index in [4.69, 9.17) is 9.57 Å². The van der Waals surface area contributed by atoms with E-state index in [9.17, 15) is 23.5 Å². The van der Waals surface area contributed by atoms with Crippen molar-refractivity contribution in [1.82, 2.24) is 15.5 Å². The van der Waals surface area contributed by atoms with Gasteiger partial charge in [0.05, 0.1) is 25.0 Å². The molecule has 0 heterocycles. The summed E-state index contributed by atoms with van der Waals surface area (Å²) >= 11 is 0. The average molecular weight is 687 g/mol. The van der Waals surface area contributed by atoms with Gasteiger partial charge in [0.1, 0.15) is 24.0 Å². The van der Waals surface area contributed by atoms with E-state index in [1.165, 1.54) is 6.07 Å². The molecule has 264 valence electrons. The standard InChI is InChI=1S/C39H44F2N4O5/c1-5-14-45(3)39(48)32-20-30(26(2)44-50-25-27-10-7-6-8-11-27)19-31(21-32)38(47)43-36(18-29-15-33(40)22-34(41)16-29)37(46)24-42-23-28-12-9-13-35(17-28)49-4/h6-13,15-17,19-22,36-37,42,46H,5,14,18,23-25H2,1-4H3,(H,43,47)/t36-,37+/m0/s1. The van der Waals surface area contributed by atoms with Crippen LogP contribution in [-0.4, -0.2) is 66.9 Å². The van der Waals surface area contributed by atoms with Crippen molar-refractivity contribution in [2.45, 2.75) is 52.0 Å². The Hall–Kier alpha value is -5.13. The summed E-state index contributed by atoms with van der Waals surface area (Å²) in [5.41, 5.74) is 3.43. The molecule has 4 aromatic carbocycles. The fourth-order valence-electron chi connectivity index (χ4n) is 5.39. The molecule has 2 atom stereocenters. The maximum absolute atomic E-state index is 14.1. The molecule has 4 rings (SSSR count). The van der Waals surface area contributed by atoms with Crippen molar-refractivity contribution >= 4 is 17.5 Å². The smallest absolute Gasteiger partial charge is 0.253 e. The van der Waals surface area contributed by atoms with Gasteiger partial charge in [-0.2, -0.15) is 0 Å². The molecule has 0 bridgehead atoms. The number of aliphatic hydroxyl groups excluding tert-OH is 1. The van der Waals surface area contributed by atoms with Crippen LogP contribution >= 0.6 is 0 Å². The van der Waals surface area contributed by atoms with Crippen molar-refractivity contribution in [3.63, 3.8) is 0 Å². The summed E-state index contributed by atoms with van der Waals surface area (Å²) in [6, 6.07) is 23.8. The summed E-state index contributed by atoms with van der Waals surface area (Å²) in [5, 5.41) is 21.6. The normalized spacial score (nSPS) is 12.6. The number of rotatable bonds is 17. The number of ether oxygens (including phenoxy) is 1. The first-order valence-electron chi connectivity index (χ1n) is 16.4. The van der Waals surface area contributed by atoms with Gasteiger partial charge in [-0.25, -0.2) is 8.78 Å². The summed E-state index contributed by atoms with van der Waals surface area (Å²) in [5.74, 6) is -1.73. The van der Waals surface area contributed by atoms with E-state index in [1.807, 2.05) is 61.5 Å². The van der Waals surface area contributed by atoms with Crippen molar-refractivity contribution in [3.8, 4) is 5.75 Å². The number of nitrogens with zero attached hydrogens (tertiary/aromatic N) is 2. The van der Waals surface area contributed by atoms with Crippen LogP contribution in [0.4, 0.5) is 8.78 Å². The van der Waals surface area contributed by atoms with Crippen LogP contribution in [0.2, 0.25) is 0 Å². The van der Waals surface area contributed by atoms with Crippen molar-refractivity contribution < 1.29 is 33.1 Å². The maximum Gasteiger partial charge on any atom is 0.253 e. The number of methoxy groups -OCH3 is 1. The minimum absolute atomic E-state index is 0.0516. The zero-order chi connectivity index (χ0) is 36.0. The van der Waals surface area contributed by atoms with Crippen molar-refractivity contribution in [1.29, 1.82) is 0 Å². The van der Waals surface area contributed by atoms with Crippen LogP contribution in [0.1, 0.15) is 63.2 Å². The number of halogens is 2. The minimum Gasteiger partial charge on any atom is -0.497 e. The van der Waals surface area contributed by atoms with Crippen molar-refractivity contribution in [3.05, 3.63) is 136 Å². The Kier molecular flexibility index (Phi) is 14.0. The predicted molar refractivity (Wildman–Crippen MR) is 189 cm³/mol. The summed E-state index contributed by atoms with van der Waals surface area (Å²) in [4.78, 5) is 34.4. The highest BCUT2D eigenvalue weighted by molar-refractivity contribution is 6.06. The van der Waals surface area contributed by atoms with Gasteiger partial charge >= 0.3 is 0 Å². The van der Waals surface area contributed by atoms with E-state index in [1.54, 1.807) is 38.1 Å². The number of carbonyl (C=O) groups is 2. The molecule has 0 saturated carbocycles. The highest BCUT2D eigenvalue weighted by Crippen LogP contribution is 2.18. The number of oxime groups is 1. The largest absolute Gasteiger partial charge is 0.497 e. The van der Waals surface area contributed by atoms with Gasteiger partial charge in [0, 0.05) is 49.4 Å². The third kappa shape index (κ3) is 11.2. The molecule has 9 nitrogen and oxygen atoms in total. The molecular weight excluding hydrogens is 642 g/mol. The van der Waals surface area contributed by atoms with Gasteiger partial charge in [-0.1, -0.05) is 54.5 Å². The Morgan fingerprint density at radius 1 is 0.880 bits per heavy atom. The second kappa shape index (κ2) is 18.6. The third-order valence-corrected chi connectivity index (χ3v) is 8.02. The Bertz CT molecular complexity index is 1750. The summed E-state index contributed by atoms with van der Waals surface area (Å²) in [6.45, 7) is 4.87. The lowest BCUT2D eigenvalue weighted by Crippen LogP contribution is -2.48. The van der Waals surface area contributed by atoms with Gasteiger partial charge in [0.25, 0.3) is 11.8 Å². The van der Waals surface area contributed by atoms with Crippen LogP contribution in [0.5, 0.6) is 5.75 Å². The molecular formula is C39H44F2N4O5. The number of amides is 2. The molecule has 3 N–H and O–H groups in total. The molecule has 0 fully saturated rings. The quantitative estimate of drug-likeness (QED) is 0.0944. The monoisotopic (exact) mass is 686 g/mol. The average Bonchev–Trinajstić information content (AvgIpc) is 3.10. The second-order valence-corrected chi connectivity index (χ2v) is 12.1. The number of aliphatic hydroxyl groups is 1. The maximum atomic E-state index is 14.1. The van der Waals surface area contributed by atoms with Crippen LogP contribution in [0, 0.1) is 11.6 Å². The van der Waals surface area contributed by atoms with Crippen LogP contribution in [0.3, 0.4) is 0 Å². The third-order valence-electron chi connectivity index (χ3n) is 8.02. The van der Waals surface area contributed by atoms with E-state index in [0.29, 0.717) is 30.1 Å². The Morgan fingerprint density at radius 2 is 1.56 bits per heavy atom. The van der Waals surface area contributed by atoms with Gasteiger partial charge in [-0.05, 0) is 78.9 Å². The van der Waals surface area contributed by atoms with E-state index < -0.39 is 29.7 Å². The molecule has 0 saturated heterocycles. The summed E-state index contributed by atoms with van der Waals surface area (Å²) in [7, 11) is 3.26. The molecule has 0 unspecified atom stereocenters. The zero-order valence-corrected chi connectivity index (χ0v) is 28.8. The van der Waals surface area contributed by atoms with Crippen LogP contribution in [-0.2, 0) is 24.4 Å². The van der Waals surface area contributed by atoms with Gasteiger partial charge < -0.3 is 30.2 Å². The SMILES string of the molecule is CCCN(C)C(=O)c1cc(C(=O)N[C@@H](Cc2cc(F)cc(F)c2)[C@H](O)CNCc2cccc(OC)c2)cc(C(C)=NOCc2ccccc2)c1. The predicted octanol–water partition coefficient (Wildman–Crippen LogP) is 5.89. The van der Waals surface area contributed by atoms with Crippen LogP contribution in [0.15, 0.2) is 96.2 Å². The number of carbonyl (C=O) groups excluding carboxylic acids is 2. The first-order chi connectivity index (χ1) is 24.1. The molecule has 50 heavy (non-hydrogen) atoms. The Balaban J connectivity index is 1.59. The zero-order valence-electron chi connectivity index (χ0n) is 28.8. The van der Waals surface area contributed by atoms with Gasteiger partial charge in [0.2, 0.25) is 0 Å². The molecule has 2 amide bonds. The second-order valence-electron chi connectivity index (χ2n) is 12.1. The van der Waals surface area contributed by atoms with Crippen molar-refractivity contribution in [2.24, 2.45) is 5.16 Å². The fourth-order valence-corrected chi connectivity index (χ4v) is 5.39. The van der Waals surface area contributed by atoms with Gasteiger partial charge in [-0.15, -0.1) is 0 Å². The topological polar surface area (TPSA) is 112 Å². The van der Waals surface area contributed by atoms with Crippen LogP contribution < -0.4 is 15.4 Å². The molecule has 0 aromatic heterocycles. The fraction of sp³-hybridized carbons (Fsp3) is 0.308. The molecule has 11 heteroatoms. The van der Waals surface area contributed by atoms with E-state index >= 15 is 0 Å². The highest BCUT2D eigenvalue weighted by atomic mass is 19.1. The molecule has 0 aliphatic carbocycles. The number of nitrogens with one attached hydrogen (secondary N) is 2. The highest BCUT2D eigenvalue weighted by Gasteiger charge is 2.25. The molecule has 4 aromatic rings. The first kappa shape index (κ1) is 37.7. The molecule has 0 aliphatic heterocycles. The molecule has 0 radical (unpaired) electrons. The molecule has 0 aliphatic rings. The number of hydrogen-bond acceptors (Lipinski definition) is 7. The summed E-state index contributed by atoms with van der Waals surface area (Å²) in [6.07, 6.45) is -0.485. The number of benzene rings is 4. The minimum atomic E-state index is -1.16. The van der Waals surface area contributed by atoms with Gasteiger partial charge in [0.15, 0.2) is 0 Å². The van der Waals surface area contributed by atoms with E-state index in [2.05, 4.69) is 15.8 Å². The lowest BCUT2D eigenvalue weighted by molar-refractivity contribution is 0.0795. The first-order valence-corrected chi connectivity index (χ1v) is 16.4. The van der Waals surface area contributed by atoms with Gasteiger partial charge in [-0.3, -0.25) is 9.59 Å². The summed E-state index contributed by atoms with van der Waals surface area (Å²) < 4.78 is 33.5. The Labute approximate surface area is 291 Å².